The van der Waals surface area contributed by atoms with E-state index in [1.165, 1.54) is 0 Å². The third-order valence-corrected chi connectivity index (χ3v) is 5.84. The molecule has 0 aliphatic rings. The number of alkyl halides is 3. The molecule has 2 aromatic carbocycles. The first-order valence-electron chi connectivity index (χ1n) is 9.65. The summed E-state index contributed by atoms with van der Waals surface area (Å²) in [6.07, 6.45) is -4.75. The smallest absolute Gasteiger partial charge is 0.417 e. The number of nitriles is 1. The number of carbonyl (C=O) groups is 1. The van der Waals surface area contributed by atoms with E-state index in [0.29, 0.717) is 23.6 Å². The van der Waals surface area contributed by atoms with Crippen LogP contribution in [0.4, 0.5) is 18.9 Å². The highest BCUT2D eigenvalue weighted by Gasteiger charge is 2.36. The fourth-order valence-electron chi connectivity index (χ4n) is 2.86. The highest BCUT2D eigenvalue weighted by Crippen LogP contribution is 2.38. The van der Waals surface area contributed by atoms with Gasteiger partial charge in [-0.15, -0.1) is 0 Å². The van der Waals surface area contributed by atoms with Gasteiger partial charge in [-0.2, -0.15) is 18.4 Å². The Kier molecular flexibility index (Phi) is 8.00. The Morgan fingerprint density at radius 2 is 1.85 bits per heavy atom. The molecule has 5 nitrogen and oxygen atoms in total. The van der Waals surface area contributed by atoms with Crippen LogP contribution in [0.1, 0.15) is 18.1 Å². The molecule has 1 heterocycles. The maximum Gasteiger partial charge on any atom is 0.417 e. The third kappa shape index (κ3) is 6.49. The number of hydrogen-bond donors (Lipinski definition) is 1. The fraction of sp³-hybridized carbons (Fsp3) is 0.174. The summed E-state index contributed by atoms with van der Waals surface area (Å²) < 4.78 is 47.1. The number of pyridine rings is 1. The number of nitrogens with zero attached hydrogens (tertiary/aromatic N) is 2. The van der Waals surface area contributed by atoms with E-state index in [-0.39, 0.29) is 16.5 Å². The maximum atomic E-state index is 13.7. The van der Waals surface area contributed by atoms with Gasteiger partial charge in [0.05, 0.1) is 29.2 Å². The molecule has 1 amide bonds. The van der Waals surface area contributed by atoms with Crippen molar-refractivity contribution in [3.8, 4) is 23.1 Å². The predicted octanol–water partition coefficient (Wildman–Crippen LogP) is 6.53. The molecular weight excluding hydrogens is 519 g/mol. The van der Waals surface area contributed by atoms with Gasteiger partial charge in [-0.1, -0.05) is 39.8 Å². The Balaban J connectivity index is 1.84. The first kappa shape index (κ1) is 24.6. The lowest BCUT2D eigenvalue weighted by molar-refractivity contribution is -0.138. The molecule has 0 unspecified atom stereocenters. The van der Waals surface area contributed by atoms with Crippen LogP contribution in [0.25, 0.3) is 11.3 Å². The number of thioether (sulfide) groups is 1. The van der Waals surface area contributed by atoms with Crippen molar-refractivity contribution in [2.24, 2.45) is 0 Å². The van der Waals surface area contributed by atoms with Gasteiger partial charge in [0, 0.05) is 15.7 Å². The second kappa shape index (κ2) is 10.7. The lowest BCUT2D eigenvalue weighted by Gasteiger charge is -2.14. The van der Waals surface area contributed by atoms with Gasteiger partial charge in [-0.05, 0) is 49.4 Å². The van der Waals surface area contributed by atoms with Crippen molar-refractivity contribution in [2.45, 2.75) is 18.1 Å². The van der Waals surface area contributed by atoms with Gasteiger partial charge in [0.15, 0.2) is 0 Å². The minimum absolute atomic E-state index is 0.0586. The minimum Gasteiger partial charge on any atom is -0.494 e. The maximum absolute atomic E-state index is 13.7. The van der Waals surface area contributed by atoms with E-state index in [0.717, 1.165) is 22.3 Å². The molecule has 0 aliphatic heterocycles. The highest BCUT2D eigenvalue weighted by atomic mass is 79.9. The van der Waals surface area contributed by atoms with Crippen molar-refractivity contribution in [3.63, 3.8) is 0 Å². The van der Waals surface area contributed by atoms with Gasteiger partial charge in [0.2, 0.25) is 5.91 Å². The Hall–Kier alpha value is -3.03. The SMILES string of the molecule is CCOc1ccc(NC(=O)CSc2nc(-c3ccc(Br)cc3)cc(C(F)(F)F)c2C#N)cc1. The summed E-state index contributed by atoms with van der Waals surface area (Å²) in [4.78, 5) is 16.6. The number of carbonyl (C=O) groups excluding carboxylic acids is 1. The van der Waals surface area contributed by atoms with Crippen LogP contribution in [0.5, 0.6) is 5.75 Å². The average Bonchev–Trinajstić information content (AvgIpc) is 2.78. The minimum atomic E-state index is -4.75. The lowest BCUT2D eigenvalue weighted by atomic mass is 10.1. The molecule has 1 aromatic heterocycles. The van der Waals surface area contributed by atoms with E-state index in [9.17, 15) is 23.2 Å². The van der Waals surface area contributed by atoms with Crippen LogP contribution in [-0.4, -0.2) is 23.3 Å². The molecule has 10 heteroatoms. The van der Waals surface area contributed by atoms with Crippen LogP contribution >= 0.6 is 27.7 Å². The molecule has 1 N–H and O–H groups in total. The number of anilines is 1. The summed E-state index contributed by atoms with van der Waals surface area (Å²) >= 11 is 4.05. The molecule has 0 atom stereocenters. The van der Waals surface area contributed by atoms with Gasteiger partial charge in [0.1, 0.15) is 16.8 Å². The summed E-state index contributed by atoms with van der Waals surface area (Å²) in [6.45, 7) is 2.36. The van der Waals surface area contributed by atoms with Crippen LogP contribution < -0.4 is 10.1 Å². The third-order valence-electron chi connectivity index (χ3n) is 4.33. The van der Waals surface area contributed by atoms with E-state index in [2.05, 4.69) is 26.2 Å². The van der Waals surface area contributed by atoms with E-state index in [4.69, 9.17) is 4.74 Å². The van der Waals surface area contributed by atoms with Crippen molar-refractivity contribution in [3.05, 3.63) is 70.2 Å². The molecular formula is C23H17BrF3N3O2S. The summed E-state index contributed by atoms with van der Waals surface area (Å²) in [6, 6.07) is 15.7. The number of rotatable bonds is 7. The molecule has 0 bridgehead atoms. The topological polar surface area (TPSA) is 75.0 Å². The predicted molar refractivity (Wildman–Crippen MR) is 124 cm³/mol. The van der Waals surface area contributed by atoms with E-state index >= 15 is 0 Å². The monoisotopic (exact) mass is 535 g/mol. The zero-order valence-electron chi connectivity index (χ0n) is 17.2. The van der Waals surface area contributed by atoms with Crippen LogP contribution in [0, 0.1) is 11.3 Å². The molecule has 170 valence electrons. The molecule has 3 rings (SSSR count). The first-order valence-corrected chi connectivity index (χ1v) is 11.4. The second-order valence-electron chi connectivity index (χ2n) is 6.65. The lowest BCUT2D eigenvalue weighted by Crippen LogP contribution is -2.15. The Morgan fingerprint density at radius 1 is 1.18 bits per heavy atom. The second-order valence-corrected chi connectivity index (χ2v) is 8.53. The van der Waals surface area contributed by atoms with E-state index < -0.39 is 23.2 Å². The molecule has 0 fully saturated rings. The van der Waals surface area contributed by atoms with Crippen LogP contribution in [0.15, 0.2) is 64.1 Å². The largest absolute Gasteiger partial charge is 0.494 e. The fourth-order valence-corrected chi connectivity index (χ4v) is 3.93. The van der Waals surface area contributed by atoms with Crippen molar-refractivity contribution in [2.75, 3.05) is 17.7 Å². The summed E-state index contributed by atoms with van der Waals surface area (Å²) in [5, 5.41) is 11.9. The van der Waals surface area contributed by atoms with Gasteiger partial charge in [-0.3, -0.25) is 4.79 Å². The molecule has 0 saturated heterocycles. The number of halogens is 4. The molecule has 3 aromatic rings. The Bertz CT molecular complexity index is 1180. The van der Waals surface area contributed by atoms with Crippen LogP contribution in [0.2, 0.25) is 0 Å². The van der Waals surface area contributed by atoms with Crippen molar-refractivity contribution in [1.82, 2.24) is 4.98 Å². The zero-order chi connectivity index (χ0) is 24.0. The molecule has 0 spiro atoms. The van der Waals surface area contributed by atoms with Crippen LogP contribution in [0.3, 0.4) is 0 Å². The number of ether oxygens (including phenoxy) is 1. The normalized spacial score (nSPS) is 11.0. The quantitative estimate of drug-likeness (QED) is 0.348. The zero-order valence-corrected chi connectivity index (χ0v) is 19.6. The van der Waals surface area contributed by atoms with Crippen molar-refractivity contribution >= 4 is 39.3 Å². The van der Waals surface area contributed by atoms with Gasteiger partial charge in [0.25, 0.3) is 0 Å². The van der Waals surface area contributed by atoms with Gasteiger partial charge < -0.3 is 10.1 Å². The van der Waals surface area contributed by atoms with Gasteiger partial charge >= 0.3 is 6.18 Å². The number of aromatic nitrogens is 1. The molecule has 0 saturated carbocycles. The molecule has 0 radical (unpaired) electrons. The molecule has 0 aliphatic carbocycles. The Morgan fingerprint density at radius 3 is 2.42 bits per heavy atom. The summed E-state index contributed by atoms with van der Waals surface area (Å²) in [7, 11) is 0. The number of hydrogen-bond acceptors (Lipinski definition) is 5. The van der Waals surface area contributed by atoms with E-state index in [1.54, 1.807) is 54.6 Å². The van der Waals surface area contributed by atoms with E-state index in [1.807, 2.05) is 6.92 Å². The number of benzene rings is 2. The highest BCUT2D eigenvalue weighted by molar-refractivity contribution is 9.10. The van der Waals surface area contributed by atoms with Crippen molar-refractivity contribution < 1.29 is 22.7 Å². The van der Waals surface area contributed by atoms with Crippen LogP contribution in [-0.2, 0) is 11.0 Å². The molecule has 33 heavy (non-hydrogen) atoms. The Labute approximate surface area is 201 Å². The number of nitrogens with one attached hydrogen (secondary N) is 1. The summed E-state index contributed by atoms with van der Waals surface area (Å²) in [5.74, 6) is -0.0229. The number of amides is 1. The van der Waals surface area contributed by atoms with Crippen molar-refractivity contribution in [1.29, 1.82) is 5.26 Å². The average molecular weight is 536 g/mol. The summed E-state index contributed by atoms with van der Waals surface area (Å²) in [5.41, 5.74) is -0.677. The first-order chi connectivity index (χ1) is 15.7. The van der Waals surface area contributed by atoms with Gasteiger partial charge in [-0.25, -0.2) is 4.98 Å². The standard InChI is InChI=1S/C23H17BrF3N3O2S/c1-2-32-17-9-7-16(8-10-17)29-21(31)13-33-22-18(12-28)19(23(25,26)27)11-20(30-22)14-3-5-15(24)6-4-14/h3-11H,2,13H2,1H3,(H,29,31).